The zero-order valence-electron chi connectivity index (χ0n) is 10.8. The summed E-state index contributed by atoms with van der Waals surface area (Å²) in [6.07, 6.45) is 1.74. The molecule has 0 aliphatic carbocycles. The van der Waals surface area contributed by atoms with Gasteiger partial charge in [-0.05, 0) is 30.7 Å². The predicted octanol–water partition coefficient (Wildman–Crippen LogP) is 2.83. The molecule has 0 saturated carbocycles. The van der Waals surface area contributed by atoms with Crippen LogP contribution in [0.15, 0.2) is 36.5 Å². The van der Waals surface area contributed by atoms with E-state index in [-0.39, 0.29) is 0 Å². The number of benzene rings is 1. The van der Waals surface area contributed by atoms with Gasteiger partial charge < -0.3 is 15.4 Å². The third-order valence-corrected chi connectivity index (χ3v) is 2.56. The van der Waals surface area contributed by atoms with Gasteiger partial charge >= 0.3 is 0 Å². The zero-order valence-corrected chi connectivity index (χ0v) is 10.8. The number of hydrogen-bond donors (Lipinski definition) is 1. The number of nitrogen functional groups attached to an aromatic ring is 1. The van der Waals surface area contributed by atoms with Crippen LogP contribution < -0.4 is 15.4 Å². The van der Waals surface area contributed by atoms with E-state index < -0.39 is 0 Å². The Kier molecular flexibility index (Phi) is 3.37. The molecule has 4 nitrogen and oxygen atoms in total. The molecule has 0 saturated heterocycles. The SMILES string of the molecule is Cc1cnc(Oc2cccc(N(C)C)c2)c(N)c1. The van der Waals surface area contributed by atoms with Crippen molar-refractivity contribution in [3.05, 3.63) is 42.1 Å². The maximum Gasteiger partial charge on any atom is 0.242 e. The summed E-state index contributed by atoms with van der Waals surface area (Å²) in [4.78, 5) is 6.20. The highest BCUT2D eigenvalue weighted by Crippen LogP contribution is 2.27. The van der Waals surface area contributed by atoms with E-state index >= 15 is 0 Å². The Labute approximate surface area is 107 Å². The Bertz CT molecular complexity index is 552. The smallest absolute Gasteiger partial charge is 0.242 e. The molecule has 0 fully saturated rings. The number of aromatic nitrogens is 1. The van der Waals surface area contributed by atoms with Crippen molar-refractivity contribution in [3.63, 3.8) is 0 Å². The van der Waals surface area contributed by atoms with Crippen LogP contribution in [0, 0.1) is 6.92 Å². The van der Waals surface area contributed by atoms with E-state index in [1.54, 1.807) is 6.20 Å². The van der Waals surface area contributed by atoms with Gasteiger partial charge in [-0.3, -0.25) is 0 Å². The molecule has 2 N–H and O–H groups in total. The second-order valence-corrected chi connectivity index (χ2v) is 4.40. The summed E-state index contributed by atoms with van der Waals surface area (Å²) in [6, 6.07) is 9.63. The van der Waals surface area contributed by atoms with Gasteiger partial charge in [0, 0.05) is 32.0 Å². The monoisotopic (exact) mass is 243 g/mol. The van der Waals surface area contributed by atoms with Gasteiger partial charge in [0.15, 0.2) is 0 Å². The fraction of sp³-hybridized carbons (Fsp3) is 0.214. The van der Waals surface area contributed by atoms with E-state index in [4.69, 9.17) is 10.5 Å². The number of hydrogen-bond acceptors (Lipinski definition) is 4. The Hall–Kier alpha value is -2.23. The summed E-state index contributed by atoms with van der Waals surface area (Å²) < 4.78 is 5.69. The first-order valence-electron chi connectivity index (χ1n) is 5.73. The second-order valence-electron chi connectivity index (χ2n) is 4.40. The van der Waals surface area contributed by atoms with Gasteiger partial charge in [-0.1, -0.05) is 6.07 Å². The van der Waals surface area contributed by atoms with E-state index in [0.29, 0.717) is 11.6 Å². The maximum atomic E-state index is 5.87. The first-order chi connectivity index (χ1) is 8.56. The lowest BCUT2D eigenvalue weighted by Gasteiger charge is -2.14. The molecule has 0 aliphatic heterocycles. The first-order valence-corrected chi connectivity index (χ1v) is 5.73. The molecule has 1 aromatic heterocycles. The Morgan fingerprint density at radius 3 is 2.67 bits per heavy atom. The summed E-state index contributed by atoms with van der Waals surface area (Å²) in [5.74, 6) is 1.17. The summed E-state index contributed by atoms with van der Waals surface area (Å²) in [5, 5.41) is 0. The third kappa shape index (κ3) is 2.71. The molecule has 0 atom stereocenters. The average molecular weight is 243 g/mol. The van der Waals surface area contributed by atoms with Crippen molar-refractivity contribution in [1.29, 1.82) is 0 Å². The molecule has 1 heterocycles. The minimum absolute atomic E-state index is 0.441. The van der Waals surface area contributed by atoms with Gasteiger partial charge in [0.2, 0.25) is 5.88 Å². The van der Waals surface area contributed by atoms with Gasteiger partial charge in [-0.25, -0.2) is 4.98 Å². The quantitative estimate of drug-likeness (QED) is 0.900. The van der Waals surface area contributed by atoms with E-state index in [9.17, 15) is 0 Å². The van der Waals surface area contributed by atoms with Crippen LogP contribution in [0.3, 0.4) is 0 Å². The van der Waals surface area contributed by atoms with Crippen molar-refractivity contribution in [2.45, 2.75) is 6.92 Å². The van der Waals surface area contributed by atoms with Gasteiger partial charge in [0.1, 0.15) is 5.75 Å². The van der Waals surface area contributed by atoms with E-state index in [1.807, 2.05) is 56.3 Å². The molecular formula is C14H17N3O. The summed E-state index contributed by atoms with van der Waals surface area (Å²) in [6.45, 7) is 1.94. The van der Waals surface area contributed by atoms with Gasteiger partial charge in [0.05, 0.1) is 5.69 Å². The predicted molar refractivity (Wildman–Crippen MR) is 74.2 cm³/mol. The standard InChI is InChI=1S/C14H17N3O/c1-10-7-13(15)14(16-9-10)18-12-6-4-5-11(8-12)17(2)3/h4-9H,15H2,1-3H3. The van der Waals surface area contributed by atoms with Gasteiger partial charge in [0.25, 0.3) is 0 Å². The molecule has 4 heteroatoms. The lowest BCUT2D eigenvalue weighted by atomic mass is 10.3. The highest BCUT2D eigenvalue weighted by atomic mass is 16.5. The normalized spacial score (nSPS) is 10.2. The molecular weight excluding hydrogens is 226 g/mol. The third-order valence-electron chi connectivity index (χ3n) is 2.56. The molecule has 2 aromatic rings. The van der Waals surface area contributed by atoms with Crippen molar-refractivity contribution < 1.29 is 4.74 Å². The Balaban J connectivity index is 2.25. The number of nitrogens with zero attached hydrogens (tertiary/aromatic N) is 2. The molecule has 0 unspecified atom stereocenters. The topological polar surface area (TPSA) is 51.4 Å². The second kappa shape index (κ2) is 4.96. The lowest BCUT2D eigenvalue weighted by molar-refractivity contribution is 0.465. The molecule has 0 radical (unpaired) electrons. The van der Waals surface area contributed by atoms with Crippen molar-refractivity contribution in [1.82, 2.24) is 4.98 Å². The van der Waals surface area contributed by atoms with Crippen molar-refractivity contribution in [2.24, 2.45) is 0 Å². The van der Waals surface area contributed by atoms with Crippen LogP contribution in [-0.4, -0.2) is 19.1 Å². The van der Waals surface area contributed by atoms with Crippen molar-refractivity contribution >= 4 is 11.4 Å². The number of rotatable bonds is 3. The number of nitrogens with two attached hydrogens (primary N) is 1. The maximum absolute atomic E-state index is 5.87. The van der Waals surface area contributed by atoms with E-state index in [0.717, 1.165) is 17.0 Å². The van der Waals surface area contributed by atoms with Crippen molar-refractivity contribution in [3.8, 4) is 11.6 Å². The highest BCUT2D eigenvalue weighted by Gasteiger charge is 2.05. The van der Waals surface area contributed by atoms with Crippen LogP contribution in [0.4, 0.5) is 11.4 Å². The zero-order chi connectivity index (χ0) is 13.1. The number of pyridine rings is 1. The fourth-order valence-corrected chi connectivity index (χ4v) is 1.60. The molecule has 1 aromatic carbocycles. The molecule has 18 heavy (non-hydrogen) atoms. The average Bonchev–Trinajstić information content (AvgIpc) is 2.33. The fourth-order valence-electron chi connectivity index (χ4n) is 1.60. The van der Waals surface area contributed by atoms with Crippen LogP contribution in [-0.2, 0) is 0 Å². The molecule has 2 rings (SSSR count). The first kappa shape index (κ1) is 12.2. The van der Waals surface area contributed by atoms with Crippen LogP contribution in [0.5, 0.6) is 11.6 Å². The van der Waals surface area contributed by atoms with E-state index in [2.05, 4.69) is 4.98 Å². The van der Waals surface area contributed by atoms with Gasteiger partial charge in [-0.2, -0.15) is 0 Å². The van der Waals surface area contributed by atoms with Crippen LogP contribution in [0.1, 0.15) is 5.56 Å². The van der Waals surface area contributed by atoms with Crippen LogP contribution >= 0.6 is 0 Å². The minimum Gasteiger partial charge on any atom is -0.437 e. The van der Waals surface area contributed by atoms with E-state index in [1.165, 1.54) is 0 Å². The molecule has 94 valence electrons. The molecule has 0 aliphatic rings. The number of ether oxygens (including phenoxy) is 1. The van der Waals surface area contributed by atoms with Crippen LogP contribution in [0.2, 0.25) is 0 Å². The summed E-state index contributed by atoms with van der Waals surface area (Å²) >= 11 is 0. The summed E-state index contributed by atoms with van der Waals surface area (Å²) in [5.41, 5.74) is 8.50. The highest BCUT2D eigenvalue weighted by molar-refractivity contribution is 5.53. The number of aryl methyl sites for hydroxylation is 1. The van der Waals surface area contributed by atoms with Crippen molar-refractivity contribution in [2.75, 3.05) is 24.7 Å². The summed E-state index contributed by atoms with van der Waals surface area (Å²) in [7, 11) is 3.97. The van der Waals surface area contributed by atoms with Gasteiger partial charge in [-0.15, -0.1) is 0 Å². The molecule has 0 bridgehead atoms. The molecule has 0 amide bonds. The largest absolute Gasteiger partial charge is 0.437 e. The minimum atomic E-state index is 0.441. The Morgan fingerprint density at radius 2 is 2.00 bits per heavy atom. The lowest BCUT2D eigenvalue weighted by Crippen LogP contribution is -2.08. The van der Waals surface area contributed by atoms with Crippen LogP contribution in [0.25, 0.3) is 0 Å². The molecule has 0 spiro atoms. The Morgan fingerprint density at radius 1 is 1.22 bits per heavy atom. The number of anilines is 2.